The number of benzene rings is 2. The van der Waals surface area contributed by atoms with Crippen LogP contribution in [0.15, 0.2) is 88.1 Å². The first-order valence-corrected chi connectivity index (χ1v) is 13.0. The van der Waals surface area contributed by atoms with Crippen molar-refractivity contribution in [2.75, 3.05) is 0 Å². The highest BCUT2D eigenvalue weighted by Crippen LogP contribution is 2.38. The van der Waals surface area contributed by atoms with Crippen molar-refractivity contribution >= 4 is 45.4 Å². The minimum absolute atomic E-state index is 0.0585. The molecular weight excluding hydrogens is 446 g/mol. The van der Waals surface area contributed by atoms with Gasteiger partial charge in [-0.25, -0.2) is 4.98 Å². The molecule has 0 unspecified atom stereocenters. The molecule has 0 N–H and O–H groups in total. The second-order valence-corrected chi connectivity index (χ2v) is 9.99. The van der Waals surface area contributed by atoms with Crippen molar-refractivity contribution in [1.29, 1.82) is 0 Å². The number of rotatable bonds is 5. The van der Waals surface area contributed by atoms with Crippen molar-refractivity contribution in [1.82, 2.24) is 9.88 Å². The maximum Gasteiger partial charge on any atom is 0.266 e. The predicted molar refractivity (Wildman–Crippen MR) is 140 cm³/mol. The van der Waals surface area contributed by atoms with E-state index in [0.717, 1.165) is 47.7 Å². The van der Waals surface area contributed by atoms with Gasteiger partial charge < -0.3 is 0 Å². The van der Waals surface area contributed by atoms with E-state index in [-0.39, 0.29) is 11.9 Å². The van der Waals surface area contributed by atoms with Gasteiger partial charge in [0.1, 0.15) is 0 Å². The van der Waals surface area contributed by atoms with Crippen LogP contribution in [0.25, 0.3) is 17.3 Å². The van der Waals surface area contributed by atoms with E-state index in [4.69, 9.17) is 9.98 Å². The van der Waals surface area contributed by atoms with Crippen LogP contribution in [0.2, 0.25) is 0 Å². The Kier molecular flexibility index (Phi) is 6.84. The molecule has 33 heavy (non-hydrogen) atoms. The number of hydrogen-bond donors (Lipinski definition) is 0. The molecule has 3 aromatic rings. The lowest BCUT2D eigenvalue weighted by atomic mass is 9.94. The number of allylic oxidation sites excluding steroid dienone is 2. The average Bonchev–Trinajstić information content (AvgIpc) is 3.45. The largest absolute Gasteiger partial charge is 0.283 e. The van der Waals surface area contributed by atoms with Gasteiger partial charge in [0.05, 0.1) is 10.6 Å². The van der Waals surface area contributed by atoms with Crippen molar-refractivity contribution in [3.05, 3.63) is 88.7 Å². The smallest absolute Gasteiger partial charge is 0.266 e. The summed E-state index contributed by atoms with van der Waals surface area (Å²) in [4.78, 5) is 25.6. The standard InChI is InChI=1S/C27H25N3OS2/c31-25-24(18-10-13-20-11-4-1-5-12-20)33-27(30(25)22-16-8-3-9-17-22)29-26-28-23(19-32-26)21-14-6-2-7-15-21/h1-2,4-7,10-15,18-19,22H,3,8-9,16-17H2/b13-10+,24-18-,29-27+. The zero-order valence-electron chi connectivity index (χ0n) is 18.3. The first-order chi connectivity index (χ1) is 16.3. The van der Waals surface area contributed by atoms with Crippen molar-refractivity contribution in [3.63, 3.8) is 0 Å². The topological polar surface area (TPSA) is 45.6 Å². The highest BCUT2D eigenvalue weighted by atomic mass is 32.2. The maximum atomic E-state index is 13.4. The second-order valence-electron chi connectivity index (χ2n) is 8.15. The third-order valence-corrected chi connectivity index (χ3v) is 7.60. The van der Waals surface area contributed by atoms with Crippen LogP contribution in [-0.2, 0) is 4.79 Å². The van der Waals surface area contributed by atoms with Crippen molar-refractivity contribution < 1.29 is 4.79 Å². The van der Waals surface area contributed by atoms with Gasteiger partial charge in [-0.15, -0.1) is 11.3 Å². The van der Waals surface area contributed by atoms with Crippen molar-refractivity contribution in [2.45, 2.75) is 38.1 Å². The molecule has 6 heteroatoms. The van der Waals surface area contributed by atoms with Gasteiger partial charge in [0, 0.05) is 17.0 Å². The van der Waals surface area contributed by atoms with Crippen molar-refractivity contribution in [2.24, 2.45) is 4.99 Å². The summed E-state index contributed by atoms with van der Waals surface area (Å²) >= 11 is 2.97. The van der Waals surface area contributed by atoms with Crippen molar-refractivity contribution in [3.8, 4) is 11.3 Å². The lowest BCUT2D eigenvalue weighted by Crippen LogP contribution is -2.40. The Morgan fingerprint density at radius 3 is 2.45 bits per heavy atom. The molecule has 1 saturated carbocycles. The number of carbonyl (C=O) groups excluding carboxylic acids is 1. The molecule has 1 aliphatic heterocycles. The van der Waals surface area contributed by atoms with Crippen LogP contribution >= 0.6 is 23.1 Å². The Bertz CT molecular complexity index is 1190. The van der Waals surface area contributed by atoms with Gasteiger partial charge >= 0.3 is 0 Å². The van der Waals surface area contributed by atoms with E-state index in [1.165, 1.54) is 29.5 Å². The lowest BCUT2D eigenvalue weighted by molar-refractivity contribution is -0.124. The Balaban J connectivity index is 1.42. The van der Waals surface area contributed by atoms with E-state index in [0.29, 0.717) is 10.0 Å². The summed E-state index contributed by atoms with van der Waals surface area (Å²) in [5.41, 5.74) is 3.10. The fraction of sp³-hybridized carbons (Fsp3) is 0.222. The van der Waals surface area contributed by atoms with Gasteiger partial charge in [-0.05, 0) is 36.2 Å². The molecule has 2 aromatic carbocycles. The second kappa shape index (κ2) is 10.3. The molecule has 0 atom stereocenters. The summed E-state index contributed by atoms with van der Waals surface area (Å²) in [5, 5.41) is 3.46. The predicted octanol–water partition coefficient (Wildman–Crippen LogP) is 7.30. The molecule has 1 aliphatic carbocycles. The zero-order chi connectivity index (χ0) is 22.5. The fourth-order valence-corrected chi connectivity index (χ4v) is 5.93. The molecule has 2 fully saturated rings. The van der Waals surface area contributed by atoms with Gasteiger partial charge in [0.25, 0.3) is 5.91 Å². The Hall–Kier alpha value is -2.96. The SMILES string of the molecule is O=C1/C(=C/C=C/c2ccccc2)S/C(=N/c2nc(-c3ccccc3)cs2)N1C1CCCCC1. The van der Waals surface area contributed by atoms with E-state index in [2.05, 4.69) is 0 Å². The van der Waals surface area contributed by atoms with Gasteiger partial charge in [-0.2, -0.15) is 4.99 Å². The molecule has 4 nitrogen and oxygen atoms in total. The average molecular weight is 472 g/mol. The molecule has 1 saturated heterocycles. The molecule has 0 spiro atoms. The van der Waals surface area contributed by atoms with Crippen LogP contribution in [-0.4, -0.2) is 27.0 Å². The number of amides is 1. The van der Waals surface area contributed by atoms with Crippen LogP contribution in [0, 0.1) is 0 Å². The molecule has 2 heterocycles. The first kappa shape index (κ1) is 21.9. The van der Waals surface area contributed by atoms with E-state index >= 15 is 0 Å². The minimum atomic E-state index is 0.0585. The summed E-state index contributed by atoms with van der Waals surface area (Å²) in [7, 11) is 0. The maximum absolute atomic E-state index is 13.4. The van der Waals surface area contributed by atoms with Crippen LogP contribution in [0.4, 0.5) is 5.13 Å². The van der Waals surface area contributed by atoms with Gasteiger partial charge in [0.15, 0.2) is 5.17 Å². The van der Waals surface area contributed by atoms with Crippen LogP contribution in [0.3, 0.4) is 0 Å². The zero-order valence-corrected chi connectivity index (χ0v) is 19.9. The van der Waals surface area contributed by atoms with Crippen LogP contribution in [0.1, 0.15) is 37.7 Å². The number of nitrogens with zero attached hydrogens (tertiary/aromatic N) is 3. The molecule has 1 amide bonds. The Labute approximate surface area is 202 Å². The quantitative estimate of drug-likeness (QED) is 0.367. The minimum Gasteiger partial charge on any atom is -0.283 e. The molecule has 5 rings (SSSR count). The third-order valence-electron chi connectivity index (χ3n) is 5.87. The van der Waals surface area contributed by atoms with E-state index in [1.54, 1.807) is 0 Å². The van der Waals surface area contributed by atoms with Gasteiger partial charge in [0.2, 0.25) is 5.13 Å². The number of carbonyl (C=O) groups is 1. The lowest BCUT2D eigenvalue weighted by Gasteiger charge is -2.30. The highest BCUT2D eigenvalue weighted by molar-refractivity contribution is 8.18. The fourth-order valence-electron chi connectivity index (χ4n) is 4.19. The number of thiazole rings is 1. The summed E-state index contributed by atoms with van der Waals surface area (Å²) in [6, 6.07) is 20.5. The van der Waals surface area contributed by atoms with Crippen LogP contribution < -0.4 is 0 Å². The Morgan fingerprint density at radius 2 is 1.70 bits per heavy atom. The molecule has 1 aromatic heterocycles. The van der Waals surface area contributed by atoms with Gasteiger partial charge in [-0.3, -0.25) is 9.69 Å². The summed E-state index contributed by atoms with van der Waals surface area (Å²) in [6.07, 6.45) is 11.5. The van der Waals surface area contributed by atoms with Gasteiger partial charge in [-0.1, -0.05) is 92.1 Å². The van der Waals surface area contributed by atoms with E-state index in [1.807, 2.05) is 89.2 Å². The van der Waals surface area contributed by atoms with E-state index < -0.39 is 0 Å². The highest BCUT2D eigenvalue weighted by Gasteiger charge is 2.38. The normalized spacial score (nSPS) is 19.9. The molecule has 0 radical (unpaired) electrons. The summed E-state index contributed by atoms with van der Waals surface area (Å²) in [5.74, 6) is 0.0585. The molecule has 166 valence electrons. The summed E-state index contributed by atoms with van der Waals surface area (Å²) < 4.78 is 0. The number of amidine groups is 1. The van der Waals surface area contributed by atoms with E-state index in [9.17, 15) is 4.79 Å². The third kappa shape index (κ3) is 5.18. The van der Waals surface area contributed by atoms with Crippen LogP contribution in [0.5, 0.6) is 0 Å². The molecular formula is C27H25N3OS2. The molecule has 2 aliphatic rings. The first-order valence-electron chi connectivity index (χ1n) is 11.3. The summed E-state index contributed by atoms with van der Waals surface area (Å²) in [6.45, 7) is 0. The monoisotopic (exact) mass is 471 g/mol. The molecule has 0 bridgehead atoms. The number of thioether (sulfide) groups is 1. The number of aliphatic imine (C=N–C) groups is 1. The Morgan fingerprint density at radius 1 is 0.970 bits per heavy atom. The number of hydrogen-bond acceptors (Lipinski definition) is 5. The number of aromatic nitrogens is 1.